The highest BCUT2D eigenvalue weighted by molar-refractivity contribution is 4.99. The Morgan fingerprint density at radius 1 is 0.383 bits per heavy atom. The monoisotopic (exact) mass is 667 g/mol. The lowest BCUT2D eigenvalue weighted by Crippen LogP contribution is -2.39. The molecular weight excluding hydrogens is 584 g/mol. The first-order valence-electron chi connectivity index (χ1n) is 20.7. The SMILES string of the molecule is CCCCCCCCCCCCCCCCC=CC(OC(C=CCCCCCCCCCCCCCCCC)C(O)CO)C(O)CO. The largest absolute Gasteiger partial charge is 0.394 e. The van der Waals surface area contributed by atoms with Crippen LogP contribution in [-0.2, 0) is 4.74 Å². The maximum atomic E-state index is 10.4. The molecule has 0 aromatic carbocycles. The summed E-state index contributed by atoms with van der Waals surface area (Å²) in [4.78, 5) is 0. The molecule has 0 saturated carbocycles. The van der Waals surface area contributed by atoms with E-state index in [9.17, 15) is 20.4 Å². The van der Waals surface area contributed by atoms with Crippen LogP contribution in [0.2, 0.25) is 0 Å². The molecule has 0 rings (SSSR count). The molecule has 0 bridgehead atoms. The predicted molar refractivity (Wildman–Crippen MR) is 203 cm³/mol. The molecule has 0 aliphatic carbocycles. The number of unbranched alkanes of at least 4 members (excludes halogenated alkanes) is 28. The van der Waals surface area contributed by atoms with Gasteiger partial charge >= 0.3 is 0 Å². The van der Waals surface area contributed by atoms with Crippen LogP contribution in [0, 0.1) is 0 Å². The van der Waals surface area contributed by atoms with Crippen molar-refractivity contribution in [3.8, 4) is 0 Å². The molecule has 5 nitrogen and oxygen atoms in total. The van der Waals surface area contributed by atoms with E-state index < -0.39 is 37.6 Å². The van der Waals surface area contributed by atoms with Crippen LogP contribution >= 0.6 is 0 Å². The third kappa shape index (κ3) is 32.3. The Labute approximate surface area is 293 Å². The Morgan fingerprint density at radius 2 is 0.617 bits per heavy atom. The molecule has 0 aromatic rings. The zero-order chi connectivity index (χ0) is 34.5. The molecule has 4 atom stereocenters. The standard InChI is InChI=1S/C42H82O5/c1-3-5-7-9-11-13-15-17-19-21-23-25-27-29-31-33-35-41(39(45)37-43)47-42(40(46)38-44)36-34-32-30-28-26-24-22-20-18-16-14-12-10-8-6-4-2/h33-36,39-46H,3-32,37-38H2,1-2H3. The number of aliphatic hydroxyl groups is 4. The van der Waals surface area contributed by atoms with E-state index in [1.165, 1.54) is 167 Å². The van der Waals surface area contributed by atoms with Crippen LogP contribution in [0.1, 0.15) is 206 Å². The number of allylic oxidation sites excluding steroid dienone is 2. The lowest BCUT2D eigenvalue weighted by atomic mass is 10.0. The van der Waals surface area contributed by atoms with Gasteiger partial charge in [-0.15, -0.1) is 0 Å². The van der Waals surface area contributed by atoms with Crippen LogP contribution in [0.3, 0.4) is 0 Å². The van der Waals surface area contributed by atoms with Gasteiger partial charge in [0.25, 0.3) is 0 Å². The van der Waals surface area contributed by atoms with Gasteiger partial charge in [-0.25, -0.2) is 0 Å². The quantitative estimate of drug-likeness (QED) is 0.0389. The molecule has 0 amide bonds. The van der Waals surface area contributed by atoms with E-state index >= 15 is 0 Å². The van der Waals surface area contributed by atoms with E-state index in [-0.39, 0.29) is 0 Å². The molecule has 0 aliphatic heterocycles. The number of ether oxygens (including phenoxy) is 1. The van der Waals surface area contributed by atoms with Gasteiger partial charge < -0.3 is 25.2 Å². The van der Waals surface area contributed by atoms with Gasteiger partial charge in [-0.05, 0) is 25.7 Å². The molecule has 0 heterocycles. The molecule has 0 saturated heterocycles. The molecule has 0 aliphatic rings. The minimum absolute atomic E-state index is 0.418. The van der Waals surface area contributed by atoms with Crippen molar-refractivity contribution in [3.63, 3.8) is 0 Å². The summed E-state index contributed by atoms with van der Waals surface area (Å²) in [6.07, 6.45) is 43.2. The van der Waals surface area contributed by atoms with Crippen molar-refractivity contribution < 1.29 is 25.2 Å². The summed E-state index contributed by atoms with van der Waals surface area (Å²) in [7, 11) is 0. The predicted octanol–water partition coefficient (Wildman–Crippen LogP) is 11.3. The molecular formula is C42H82O5. The van der Waals surface area contributed by atoms with Crippen molar-refractivity contribution >= 4 is 0 Å². The summed E-state index contributed by atoms with van der Waals surface area (Å²) in [6.45, 7) is 3.71. The van der Waals surface area contributed by atoms with Gasteiger partial charge in [0.1, 0.15) is 24.4 Å². The second-order valence-corrected chi connectivity index (χ2v) is 14.2. The van der Waals surface area contributed by atoms with E-state index in [1.807, 2.05) is 24.3 Å². The van der Waals surface area contributed by atoms with Crippen molar-refractivity contribution in [1.29, 1.82) is 0 Å². The highest BCUT2D eigenvalue weighted by Crippen LogP contribution is 2.17. The average Bonchev–Trinajstić information content (AvgIpc) is 3.09. The first kappa shape index (κ1) is 46.3. The van der Waals surface area contributed by atoms with E-state index in [0.29, 0.717) is 0 Å². The highest BCUT2D eigenvalue weighted by Gasteiger charge is 2.24. The van der Waals surface area contributed by atoms with E-state index in [1.54, 1.807) is 0 Å². The van der Waals surface area contributed by atoms with Gasteiger partial charge in [0.2, 0.25) is 0 Å². The summed E-state index contributed by atoms with van der Waals surface area (Å²) in [5, 5.41) is 39.9. The molecule has 0 aromatic heterocycles. The van der Waals surface area contributed by atoms with Gasteiger partial charge in [-0.1, -0.05) is 205 Å². The molecule has 4 N–H and O–H groups in total. The number of hydrogen-bond acceptors (Lipinski definition) is 5. The Balaban J connectivity index is 4.10. The average molecular weight is 667 g/mol. The second-order valence-electron chi connectivity index (χ2n) is 14.2. The normalized spacial score (nSPS) is 14.8. The zero-order valence-electron chi connectivity index (χ0n) is 31.4. The van der Waals surface area contributed by atoms with Crippen molar-refractivity contribution in [1.82, 2.24) is 0 Å². The number of rotatable bonds is 38. The van der Waals surface area contributed by atoms with Crippen LogP contribution in [0.25, 0.3) is 0 Å². The van der Waals surface area contributed by atoms with Gasteiger partial charge in [0, 0.05) is 0 Å². The van der Waals surface area contributed by atoms with Gasteiger partial charge in [-0.3, -0.25) is 0 Å². The second kappa shape index (κ2) is 38.1. The summed E-state index contributed by atoms with van der Waals surface area (Å²) < 4.78 is 6.01. The molecule has 0 fully saturated rings. The lowest BCUT2D eigenvalue weighted by Gasteiger charge is -2.26. The first-order chi connectivity index (χ1) is 23.1. The maximum Gasteiger partial charge on any atom is 0.107 e. The molecule has 0 spiro atoms. The fourth-order valence-electron chi connectivity index (χ4n) is 6.29. The van der Waals surface area contributed by atoms with Gasteiger partial charge in [0.05, 0.1) is 13.2 Å². The van der Waals surface area contributed by atoms with E-state index in [4.69, 9.17) is 4.74 Å². The highest BCUT2D eigenvalue weighted by atomic mass is 16.5. The molecule has 47 heavy (non-hydrogen) atoms. The Kier molecular flexibility index (Phi) is 37.5. The molecule has 5 heteroatoms. The van der Waals surface area contributed by atoms with Crippen molar-refractivity contribution in [2.45, 2.75) is 231 Å². The molecule has 0 radical (unpaired) electrons. The third-order valence-electron chi connectivity index (χ3n) is 9.55. The Hall–Kier alpha value is -0.720. The summed E-state index contributed by atoms with van der Waals surface area (Å²) in [5.41, 5.74) is 0. The van der Waals surface area contributed by atoms with Crippen LogP contribution in [0.15, 0.2) is 24.3 Å². The fraction of sp³-hybridized carbons (Fsp3) is 0.905. The lowest BCUT2D eigenvalue weighted by molar-refractivity contribution is -0.0972. The minimum Gasteiger partial charge on any atom is -0.394 e. The van der Waals surface area contributed by atoms with Crippen molar-refractivity contribution in [3.05, 3.63) is 24.3 Å². The Morgan fingerprint density at radius 3 is 0.851 bits per heavy atom. The van der Waals surface area contributed by atoms with E-state index in [0.717, 1.165) is 25.7 Å². The van der Waals surface area contributed by atoms with Gasteiger partial charge in [0.15, 0.2) is 0 Å². The summed E-state index contributed by atoms with van der Waals surface area (Å²) in [5.74, 6) is 0. The zero-order valence-corrected chi connectivity index (χ0v) is 31.4. The maximum absolute atomic E-state index is 10.4. The van der Waals surface area contributed by atoms with Crippen LogP contribution in [0.5, 0.6) is 0 Å². The smallest absolute Gasteiger partial charge is 0.107 e. The number of aliphatic hydroxyl groups excluding tert-OH is 4. The molecule has 4 unspecified atom stereocenters. The minimum atomic E-state index is -1.07. The van der Waals surface area contributed by atoms with Crippen molar-refractivity contribution in [2.24, 2.45) is 0 Å². The molecule has 280 valence electrons. The summed E-state index contributed by atoms with van der Waals surface area (Å²) >= 11 is 0. The first-order valence-corrected chi connectivity index (χ1v) is 20.7. The van der Waals surface area contributed by atoms with Crippen molar-refractivity contribution in [2.75, 3.05) is 13.2 Å². The number of hydrogen-bond donors (Lipinski definition) is 4. The van der Waals surface area contributed by atoms with Crippen LogP contribution in [-0.4, -0.2) is 58.1 Å². The fourth-order valence-corrected chi connectivity index (χ4v) is 6.29. The van der Waals surface area contributed by atoms with Gasteiger partial charge in [-0.2, -0.15) is 0 Å². The summed E-state index contributed by atoms with van der Waals surface area (Å²) in [6, 6.07) is 0. The third-order valence-corrected chi connectivity index (χ3v) is 9.55. The van der Waals surface area contributed by atoms with Crippen LogP contribution < -0.4 is 0 Å². The topological polar surface area (TPSA) is 90.2 Å². The Bertz CT molecular complexity index is 597. The van der Waals surface area contributed by atoms with E-state index in [2.05, 4.69) is 13.8 Å². The van der Waals surface area contributed by atoms with Crippen LogP contribution in [0.4, 0.5) is 0 Å².